The summed E-state index contributed by atoms with van der Waals surface area (Å²) in [6.45, 7) is 0. The summed E-state index contributed by atoms with van der Waals surface area (Å²) in [4.78, 5) is 0. The van der Waals surface area contributed by atoms with E-state index in [0.717, 1.165) is 0 Å². The van der Waals surface area contributed by atoms with Gasteiger partial charge in [0, 0.05) is 0 Å². The second kappa shape index (κ2) is 3.25. The number of hydrogen-bond acceptors (Lipinski definition) is 0. The Balaban J connectivity index is 2.83. The van der Waals surface area contributed by atoms with Gasteiger partial charge in [0.25, 0.3) is 0 Å². The van der Waals surface area contributed by atoms with E-state index in [-0.39, 0.29) is 0 Å². The Labute approximate surface area is 58.9 Å². The molecule has 1 atom stereocenters. The Morgan fingerprint density at radius 1 is 1.12 bits per heavy atom. The van der Waals surface area contributed by atoms with Gasteiger partial charge in [-0.05, 0) is 0 Å². The van der Waals surface area contributed by atoms with Crippen molar-refractivity contribution in [3.8, 4) is 0 Å². The van der Waals surface area contributed by atoms with E-state index in [1.807, 2.05) is 6.07 Å². The van der Waals surface area contributed by atoms with Gasteiger partial charge in [0.2, 0.25) is 0 Å². The Bertz CT molecular complexity index is 150. The van der Waals surface area contributed by atoms with Crippen molar-refractivity contribution in [3.63, 3.8) is 0 Å². The third-order valence-corrected chi connectivity index (χ3v) is 3.31. The molecule has 1 unspecified atom stereocenters. The SMILES string of the molecule is [Se-][PH2+]c1ccccc1. The summed E-state index contributed by atoms with van der Waals surface area (Å²) < 4.78 is 0. The van der Waals surface area contributed by atoms with Crippen LogP contribution in [0.2, 0.25) is 0 Å². The van der Waals surface area contributed by atoms with Crippen molar-refractivity contribution in [1.82, 2.24) is 0 Å². The van der Waals surface area contributed by atoms with Crippen molar-refractivity contribution >= 4 is 28.1 Å². The van der Waals surface area contributed by atoms with E-state index in [4.69, 9.17) is 0 Å². The van der Waals surface area contributed by atoms with Crippen LogP contribution in [0, 0.1) is 0 Å². The van der Waals surface area contributed by atoms with Gasteiger partial charge in [-0.15, -0.1) is 0 Å². The van der Waals surface area contributed by atoms with Crippen LogP contribution < -0.4 is 5.30 Å². The Morgan fingerprint density at radius 3 is 2.12 bits per heavy atom. The first kappa shape index (κ1) is 6.29. The summed E-state index contributed by atoms with van der Waals surface area (Å²) in [5.41, 5.74) is 0. The first-order valence-corrected chi connectivity index (χ1v) is 6.45. The van der Waals surface area contributed by atoms with Crippen LogP contribution in [0.15, 0.2) is 30.3 Å². The molecule has 0 aliphatic carbocycles. The van der Waals surface area contributed by atoms with Gasteiger partial charge in [-0.1, -0.05) is 0 Å². The fraction of sp³-hybridized carbons (Fsp3) is 0. The van der Waals surface area contributed by atoms with Gasteiger partial charge in [-0.3, -0.25) is 0 Å². The van der Waals surface area contributed by atoms with E-state index < -0.39 is 0 Å². The molecule has 0 radical (unpaired) electrons. The molecular formula is C6H7PSe. The molecule has 0 aliphatic rings. The summed E-state index contributed by atoms with van der Waals surface area (Å²) >= 11 is 3.04. The minimum absolute atomic E-state index is 0.386. The molecule has 0 aromatic heterocycles. The van der Waals surface area contributed by atoms with Crippen molar-refractivity contribution in [2.45, 2.75) is 0 Å². The van der Waals surface area contributed by atoms with E-state index >= 15 is 0 Å². The Hall–Kier alpha value is 0.169. The summed E-state index contributed by atoms with van der Waals surface area (Å²) in [7, 11) is 0.386. The van der Waals surface area contributed by atoms with Crippen molar-refractivity contribution in [2.24, 2.45) is 0 Å². The van der Waals surface area contributed by atoms with Crippen LogP contribution in [0.1, 0.15) is 0 Å². The van der Waals surface area contributed by atoms with Crippen molar-refractivity contribution in [2.75, 3.05) is 0 Å². The molecule has 0 spiro atoms. The van der Waals surface area contributed by atoms with Gasteiger partial charge in [-0.2, -0.15) is 0 Å². The molecular weight excluding hydrogens is 182 g/mol. The average Bonchev–Trinajstić information content (AvgIpc) is 1.90. The predicted octanol–water partition coefficient (Wildman–Crippen LogP) is 0.806. The minimum atomic E-state index is 0.386. The molecule has 8 heavy (non-hydrogen) atoms. The van der Waals surface area contributed by atoms with E-state index in [9.17, 15) is 0 Å². The molecule has 2 heteroatoms. The van der Waals surface area contributed by atoms with Crippen molar-refractivity contribution < 1.29 is 0 Å². The number of hydrogen-bond donors (Lipinski definition) is 0. The Kier molecular flexibility index (Phi) is 2.55. The van der Waals surface area contributed by atoms with Crippen LogP contribution in [0.3, 0.4) is 0 Å². The summed E-state index contributed by atoms with van der Waals surface area (Å²) in [5.74, 6) is 0. The predicted molar refractivity (Wildman–Crippen MR) is 41.5 cm³/mol. The second-order valence-electron chi connectivity index (χ2n) is 1.53. The van der Waals surface area contributed by atoms with Gasteiger partial charge in [0.1, 0.15) is 0 Å². The molecule has 0 saturated heterocycles. The fourth-order valence-corrected chi connectivity index (χ4v) is 1.90. The molecule has 42 valence electrons. The molecule has 0 amide bonds. The fourth-order valence-electron chi connectivity index (χ4n) is 0.532. The zero-order valence-corrected chi connectivity index (χ0v) is 7.24. The van der Waals surface area contributed by atoms with Crippen LogP contribution in [0.4, 0.5) is 0 Å². The van der Waals surface area contributed by atoms with E-state index in [0.29, 0.717) is 7.27 Å². The molecule has 1 rings (SSSR count). The molecule has 0 fully saturated rings. The maximum atomic E-state index is 3.04. The van der Waals surface area contributed by atoms with Gasteiger partial charge < -0.3 is 0 Å². The third kappa shape index (κ3) is 1.59. The number of rotatable bonds is 1. The molecule has 0 N–H and O–H groups in total. The number of benzene rings is 1. The molecule has 0 heterocycles. The van der Waals surface area contributed by atoms with Gasteiger partial charge in [0.15, 0.2) is 0 Å². The Morgan fingerprint density at radius 2 is 1.75 bits per heavy atom. The normalized spacial score (nSPS) is 10.6. The standard InChI is InChI=1S/C6H7PSe/c8-7-6-4-2-1-3-5-6/h1-5H,7H2. The van der Waals surface area contributed by atoms with Crippen LogP contribution in [0.5, 0.6) is 0 Å². The van der Waals surface area contributed by atoms with Crippen molar-refractivity contribution in [3.05, 3.63) is 30.3 Å². The van der Waals surface area contributed by atoms with E-state index in [1.54, 1.807) is 0 Å². The zero-order valence-electron chi connectivity index (χ0n) is 4.37. The maximum absolute atomic E-state index is 3.04. The molecule has 0 saturated carbocycles. The molecule has 1 aromatic carbocycles. The van der Waals surface area contributed by atoms with Crippen LogP contribution >= 0.6 is 7.27 Å². The summed E-state index contributed by atoms with van der Waals surface area (Å²) in [5, 5.41) is 1.44. The van der Waals surface area contributed by atoms with E-state index in [2.05, 4.69) is 39.8 Å². The van der Waals surface area contributed by atoms with Crippen LogP contribution in [0.25, 0.3) is 0 Å². The molecule has 0 bridgehead atoms. The molecule has 0 aliphatic heterocycles. The molecule has 0 nitrogen and oxygen atoms in total. The topological polar surface area (TPSA) is 0 Å². The van der Waals surface area contributed by atoms with E-state index in [1.165, 1.54) is 5.30 Å². The van der Waals surface area contributed by atoms with Gasteiger partial charge in [0.05, 0.1) is 0 Å². The summed E-state index contributed by atoms with van der Waals surface area (Å²) in [6.07, 6.45) is 0. The molecule has 1 aromatic rings. The van der Waals surface area contributed by atoms with Gasteiger partial charge >= 0.3 is 58.5 Å². The first-order valence-electron chi connectivity index (χ1n) is 2.44. The van der Waals surface area contributed by atoms with Crippen molar-refractivity contribution in [1.29, 1.82) is 0 Å². The average molecular weight is 189 g/mol. The monoisotopic (exact) mass is 190 g/mol. The van der Waals surface area contributed by atoms with Crippen LogP contribution in [-0.2, 0) is 0 Å². The van der Waals surface area contributed by atoms with Crippen LogP contribution in [-0.4, -0.2) is 15.6 Å². The zero-order chi connectivity index (χ0) is 5.82. The first-order chi connectivity index (χ1) is 3.93. The summed E-state index contributed by atoms with van der Waals surface area (Å²) in [6, 6.07) is 10.5. The third-order valence-electron chi connectivity index (χ3n) is 0.936. The quantitative estimate of drug-likeness (QED) is 0.453. The second-order valence-corrected chi connectivity index (χ2v) is 3.91. The van der Waals surface area contributed by atoms with Gasteiger partial charge in [-0.25, -0.2) is 0 Å².